The second kappa shape index (κ2) is 8.20. The van der Waals surface area contributed by atoms with Gasteiger partial charge in [0.05, 0.1) is 23.0 Å². The third kappa shape index (κ3) is 4.89. The van der Waals surface area contributed by atoms with Gasteiger partial charge in [0, 0.05) is 11.2 Å². The minimum absolute atomic E-state index is 0.0530. The van der Waals surface area contributed by atoms with Crippen molar-refractivity contribution in [2.75, 3.05) is 0 Å². The van der Waals surface area contributed by atoms with Gasteiger partial charge in [-0.2, -0.15) is 17.9 Å². The molecule has 1 amide bonds. The number of carbonyl (C=O) groups is 1. The highest BCUT2D eigenvalue weighted by molar-refractivity contribution is 7.89. The topological polar surface area (TPSA) is 105 Å². The number of alkyl halides is 3. The molecule has 0 bridgehead atoms. The number of halogens is 4. The van der Waals surface area contributed by atoms with E-state index >= 15 is 0 Å². The summed E-state index contributed by atoms with van der Waals surface area (Å²) in [7, 11) is -3.98. The Labute approximate surface area is 174 Å². The van der Waals surface area contributed by atoms with Gasteiger partial charge in [0.15, 0.2) is 11.5 Å². The lowest BCUT2D eigenvalue weighted by Crippen LogP contribution is -2.44. The molecule has 0 spiro atoms. The van der Waals surface area contributed by atoms with Gasteiger partial charge in [-0.15, -0.1) is 10.2 Å². The first kappa shape index (κ1) is 22.0. The lowest BCUT2D eigenvalue weighted by molar-refractivity contribution is -0.137. The summed E-state index contributed by atoms with van der Waals surface area (Å²) in [5, 5.41) is 10.3. The number of pyridine rings is 1. The molecule has 3 rings (SSSR count). The van der Waals surface area contributed by atoms with E-state index in [9.17, 15) is 26.4 Å². The van der Waals surface area contributed by atoms with E-state index in [4.69, 9.17) is 11.6 Å². The second-order valence-electron chi connectivity index (χ2n) is 6.27. The molecule has 0 aliphatic carbocycles. The van der Waals surface area contributed by atoms with Crippen LogP contribution in [0.4, 0.5) is 13.2 Å². The summed E-state index contributed by atoms with van der Waals surface area (Å²) in [6.07, 6.45) is -3.73. The van der Waals surface area contributed by atoms with E-state index < -0.39 is 33.7 Å². The van der Waals surface area contributed by atoms with Crippen LogP contribution >= 0.6 is 11.6 Å². The maximum absolute atomic E-state index is 12.9. The van der Waals surface area contributed by atoms with Gasteiger partial charge in [-0.05, 0) is 43.3 Å². The fourth-order valence-corrected chi connectivity index (χ4v) is 3.84. The summed E-state index contributed by atoms with van der Waals surface area (Å²) in [5.74, 6) is -0.645. The fourth-order valence-electron chi connectivity index (χ4n) is 2.51. The highest BCUT2D eigenvalue weighted by atomic mass is 35.5. The largest absolute Gasteiger partial charge is 0.417 e. The van der Waals surface area contributed by atoms with Crippen molar-refractivity contribution < 1.29 is 26.4 Å². The monoisotopic (exact) mass is 461 g/mol. The Hall–Kier alpha value is -2.70. The minimum Gasteiger partial charge on any atom is -0.347 e. The van der Waals surface area contributed by atoms with Gasteiger partial charge < -0.3 is 5.32 Å². The van der Waals surface area contributed by atoms with Crippen LogP contribution in [-0.2, 0) is 27.5 Å². The summed E-state index contributed by atoms with van der Waals surface area (Å²) in [6.45, 7) is 1.07. The lowest BCUT2D eigenvalue weighted by Gasteiger charge is -2.14. The van der Waals surface area contributed by atoms with Crippen molar-refractivity contribution in [2.45, 2.75) is 30.6 Å². The Balaban J connectivity index is 1.68. The Kier molecular flexibility index (Phi) is 6.01. The van der Waals surface area contributed by atoms with Crippen molar-refractivity contribution in [3.63, 3.8) is 0 Å². The summed E-state index contributed by atoms with van der Waals surface area (Å²) in [4.78, 5) is 12.2. The zero-order chi connectivity index (χ0) is 22.1. The predicted octanol–water partition coefficient (Wildman–Crippen LogP) is 2.38. The number of aromatic nitrogens is 3. The van der Waals surface area contributed by atoms with Crippen LogP contribution in [0.2, 0.25) is 5.02 Å². The normalized spacial score (nSPS) is 13.4. The first-order valence-corrected chi connectivity index (χ1v) is 10.3. The molecule has 30 heavy (non-hydrogen) atoms. The van der Waals surface area contributed by atoms with Crippen LogP contribution in [-0.4, -0.2) is 35.0 Å². The Morgan fingerprint density at radius 1 is 1.17 bits per heavy atom. The zero-order valence-electron chi connectivity index (χ0n) is 15.3. The molecule has 1 aromatic carbocycles. The van der Waals surface area contributed by atoms with E-state index in [1.165, 1.54) is 31.2 Å². The van der Waals surface area contributed by atoms with Crippen LogP contribution in [0.1, 0.15) is 18.3 Å². The van der Waals surface area contributed by atoms with E-state index in [0.29, 0.717) is 5.02 Å². The summed E-state index contributed by atoms with van der Waals surface area (Å²) in [6, 6.07) is 6.24. The maximum Gasteiger partial charge on any atom is 0.417 e. The minimum atomic E-state index is -4.55. The van der Waals surface area contributed by atoms with Gasteiger partial charge in [0.25, 0.3) is 0 Å². The van der Waals surface area contributed by atoms with Crippen LogP contribution in [0.15, 0.2) is 47.5 Å². The molecule has 0 aliphatic heterocycles. The SMILES string of the molecule is C[C@@H](NS(=O)(=O)c1ccc(Cl)cc1)C(=O)NCc1nnc2ccc(C(F)(F)F)cn12. The first-order chi connectivity index (χ1) is 14.0. The van der Waals surface area contributed by atoms with E-state index in [1.54, 1.807) is 0 Å². The summed E-state index contributed by atoms with van der Waals surface area (Å²) < 4.78 is 66.7. The van der Waals surface area contributed by atoms with Crippen molar-refractivity contribution >= 4 is 33.2 Å². The van der Waals surface area contributed by atoms with Crippen molar-refractivity contribution in [3.8, 4) is 0 Å². The molecule has 1 atom stereocenters. The van der Waals surface area contributed by atoms with Gasteiger partial charge in [-0.1, -0.05) is 11.6 Å². The fraction of sp³-hybridized carbons (Fsp3) is 0.235. The molecule has 8 nitrogen and oxygen atoms in total. The van der Waals surface area contributed by atoms with E-state index in [-0.39, 0.29) is 22.9 Å². The van der Waals surface area contributed by atoms with E-state index in [2.05, 4.69) is 20.2 Å². The van der Waals surface area contributed by atoms with Gasteiger partial charge in [-0.3, -0.25) is 9.20 Å². The van der Waals surface area contributed by atoms with Crippen molar-refractivity contribution in [1.82, 2.24) is 24.6 Å². The second-order valence-corrected chi connectivity index (χ2v) is 8.43. The number of fused-ring (bicyclic) bond motifs is 1. The number of hydrogen-bond acceptors (Lipinski definition) is 5. The smallest absolute Gasteiger partial charge is 0.347 e. The van der Waals surface area contributed by atoms with Crippen LogP contribution in [0, 0.1) is 0 Å². The molecule has 3 aromatic rings. The average molecular weight is 462 g/mol. The number of nitrogens with one attached hydrogen (secondary N) is 2. The standard InChI is InChI=1S/C17H15ClF3N5O3S/c1-10(25-30(28,29)13-5-3-12(18)4-6-13)16(27)22-8-15-24-23-14-7-2-11(9-26(14)15)17(19,20)21/h2-7,9-10,25H,8H2,1H3,(H,22,27)/t10-/m1/s1. The van der Waals surface area contributed by atoms with Crippen molar-refractivity contribution in [1.29, 1.82) is 0 Å². The number of amides is 1. The van der Waals surface area contributed by atoms with Crippen LogP contribution in [0.25, 0.3) is 5.65 Å². The lowest BCUT2D eigenvalue weighted by atomic mass is 10.3. The number of benzene rings is 1. The van der Waals surface area contributed by atoms with E-state index in [1.807, 2.05) is 0 Å². The molecular weight excluding hydrogens is 447 g/mol. The molecule has 2 heterocycles. The molecule has 0 aliphatic rings. The van der Waals surface area contributed by atoms with Crippen LogP contribution in [0.3, 0.4) is 0 Å². The Morgan fingerprint density at radius 2 is 1.83 bits per heavy atom. The molecule has 0 unspecified atom stereocenters. The highest BCUT2D eigenvalue weighted by Gasteiger charge is 2.31. The number of rotatable bonds is 6. The summed E-state index contributed by atoms with van der Waals surface area (Å²) >= 11 is 5.73. The van der Waals surface area contributed by atoms with Crippen LogP contribution < -0.4 is 10.0 Å². The maximum atomic E-state index is 12.9. The molecule has 0 radical (unpaired) electrons. The quantitative estimate of drug-likeness (QED) is 0.586. The molecule has 2 N–H and O–H groups in total. The number of hydrogen-bond donors (Lipinski definition) is 2. The first-order valence-electron chi connectivity index (χ1n) is 8.44. The van der Waals surface area contributed by atoms with Gasteiger partial charge in [0.1, 0.15) is 0 Å². The van der Waals surface area contributed by atoms with Gasteiger partial charge in [-0.25, -0.2) is 8.42 Å². The zero-order valence-corrected chi connectivity index (χ0v) is 16.9. The molecule has 0 saturated heterocycles. The number of carbonyl (C=O) groups excluding carboxylic acids is 1. The van der Waals surface area contributed by atoms with E-state index in [0.717, 1.165) is 22.7 Å². The molecule has 0 saturated carbocycles. The molecule has 0 fully saturated rings. The predicted molar refractivity (Wildman–Crippen MR) is 101 cm³/mol. The van der Waals surface area contributed by atoms with Crippen molar-refractivity contribution in [3.05, 3.63) is 59.0 Å². The summed E-state index contributed by atoms with van der Waals surface area (Å²) in [5.41, 5.74) is -0.727. The number of sulfonamides is 1. The van der Waals surface area contributed by atoms with Gasteiger partial charge in [0.2, 0.25) is 15.9 Å². The van der Waals surface area contributed by atoms with Crippen molar-refractivity contribution in [2.24, 2.45) is 0 Å². The average Bonchev–Trinajstić information content (AvgIpc) is 3.07. The Bertz CT molecular complexity index is 1180. The van der Waals surface area contributed by atoms with Crippen LogP contribution in [0.5, 0.6) is 0 Å². The Morgan fingerprint density at radius 3 is 2.47 bits per heavy atom. The highest BCUT2D eigenvalue weighted by Crippen LogP contribution is 2.29. The van der Waals surface area contributed by atoms with Gasteiger partial charge >= 0.3 is 6.18 Å². The molecule has 2 aromatic heterocycles. The third-order valence-electron chi connectivity index (χ3n) is 4.07. The molecule has 13 heteroatoms. The third-order valence-corrected chi connectivity index (χ3v) is 5.88. The number of nitrogens with zero attached hydrogens (tertiary/aromatic N) is 3. The molecule has 160 valence electrons. The molecular formula is C17H15ClF3N5O3S.